The van der Waals surface area contributed by atoms with Crippen molar-refractivity contribution in [3.05, 3.63) is 22.1 Å². The summed E-state index contributed by atoms with van der Waals surface area (Å²) in [6.45, 7) is 0. The summed E-state index contributed by atoms with van der Waals surface area (Å²) in [4.78, 5) is 0.332. The van der Waals surface area contributed by atoms with Crippen molar-refractivity contribution in [3.63, 3.8) is 0 Å². The summed E-state index contributed by atoms with van der Waals surface area (Å²) in [6.07, 6.45) is 2.07. The number of hydrogen-bond donors (Lipinski definition) is 0. The van der Waals surface area contributed by atoms with Crippen molar-refractivity contribution in [2.45, 2.75) is 41.4 Å². The molecule has 0 N–H and O–H groups in total. The summed E-state index contributed by atoms with van der Waals surface area (Å²) < 4.78 is 78.5. The summed E-state index contributed by atoms with van der Waals surface area (Å²) in [5.41, 5.74) is 0. The van der Waals surface area contributed by atoms with E-state index in [4.69, 9.17) is 34.8 Å². The predicted molar refractivity (Wildman–Crippen MR) is 127 cm³/mol. The molecule has 0 saturated heterocycles. The molecule has 2 rings (SSSR count). The SMILES string of the molecule is FC(F)(Br)C(F)(Cl)CCSc1ncc(Cl)s1.FC(F)(Br)C(F)(Cl)CCSc1nccs1. The molecule has 0 aliphatic rings. The molecule has 2 atom stereocenters. The second-order valence-electron chi connectivity index (χ2n) is 5.33. The monoisotopic (exact) mass is 712 g/mol. The molecule has 2 aromatic heterocycles. The maximum absolute atomic E-state index is 13.2. The van der Waals surface area contributed by atoms with Crippen LogP contribution in [0.5, 0.6) is 0 Å². The number of rotatable bonds is 10. The second-order valence-corrected chi connectivity index (χ2v) is 13.8. The fraction of sp³-hybridized carbons (Fsp3) is 0.571. The third-order valence-electron chi connectivity index (χ3n) is 2.98. The first-order valence-corrected chi connectivity index (χ1v) is 14.1. The molecule has 0 aliphatic carbocycles. The Morgan fingerprint density at radius 2 is 1.35 bits per heavy atom. The van der Waals surface area contributed by atoms with Gasteiger partial charge in [-0.1, -0.05) is 69.7 Å². The van der Waals surface area contributed by atoms with Gasteiger partial charge in [-0.15, -0.1) is 11.3 Å². The average Bonchev–Trinajstić information content (AvgIpc) is 3.25. The Morgan fingerprint density at radius 3 is 1.71 bits per heavy atom. The van der Waals surface area contributed by atoms with Gasteiger partial charge in [0.25, 0.3) is 10.3 Å². The Kier molecular flexibility index (Phi) is 12.6. The molecule has 0 amide bonds. The van der Waals surface area contributed by atoms with Gasteiger partial charge in [0.15, 0.2) is 4.34 Å². The maximum Gasteiger partial charge on any atom is 0.348 e. The van der Waals surface area contributed by atoms with Crippen LogP contribution in [-0.2, 0) is 0 Å². The van der Waals surface area contributed by atoms with Gasteiger partial charge in [0.1, 0.15) is 8.68 Å². The average molecular weight is 716 g/mol. The standard InChI is InChI=1S/C7H5BrCl2F3NS2.C7H6BrClF3NS2/c8-7(12,13)6(10,11)1-2-15-5-14-3-4(9)16-5;8-7(11,12)6(9,10)1-3-14-5-13-2-4-15-5/h3H,1-2H2;2,4H,1,3H2. The zero-order valence-electron chi connectivity index (χ0n) is 14.7. The van der Waals surface area contributed by atoms with Crippen LogP contribution in [0.3, 0.4) is 0 Å². The minimum atomic E-state index is -3.75. The molecule has 0 radical (unpaired) electrons. The molecule has 0 bridgehead atoms. The van der Waals surface area contributed by atoms with Crippen LogP contribution in [0.1, 0.15) is 12.8 Å². The van der Waals surface area contributed by atoms with Gasteiger partial charge < -0.3 is 0 Å². The maximum atomic E-state index is 13.2. The first kappa shape index (κ1) is 30.4. The van der Waals surface area contributed by atoms with Crippen molar-refractivity contribution in [2.24, 2.45) is 0 Å². The summed E-state index contributed by atoms with van der Waals surface area (Å²) in [7, 11) is 0. The Bertz CT molecular complexity index is 788. The van der Waals surface area contributed by atoms with E-state index >= 15 is 0 Å². The number of thiazole rings is 2. The molecule has 17 heteroatoms. The molecule has 0 aromatic carbocycles. The van der Waals surface area contributed by atoms with Crippen molar-refractivity contribution < 1.29 is 26.3 Å². The van der Waals surface area contributed by atoms with E-state index in [-0.39, 0.29) is 11.5 Å². The van der Waals surface area contributed by atoms with Crippen LogP contribution in [0.15, 0.2) is 26.5 Å². The Balaban J connectivity index is 0.000000311. The van der Waals surface area contributed by atoms with Crippen LogP contribution in [0, 0.1) is 0 Å². The highest BCUT2D eigenvalue weighted by atomic mass is 79.9. The Morgan fingerprint density at radius 1 is 0.871 bits per heavy atom. The van der Waals surface area contributed by atoms with Gasteiger partial charge in [0.2, 0.25) is 0 Å². The Hall–Kier alpha value is 1.37. The number of nitrogens with zero attached hydrogens (tertiary/aromatic N) is 2. The highest BCUT2D eigenvalue weighted by Crippen LogP contribution is 2.45. The highest BCUT2D eigenvalue weighted by Gasteiger charge is 2.52. The molecule has 2 heterocycles. The fourth-order valence-electron chi connectivity index (χ4n) is 1.40. The highest BCUT2D eigenvalue weighted by molar-refractivity contribution is 9.10. The van der Waals surface area contributed by atoms with Crippen LogP contribution in [0.2, 0.25) is 4.34 Å². The van der Waals surface area contributed by atoms with E-state index in [1.54, 1.807) is 11.6 Å². The molecule has 0 spiro atoms. The van der Waals surface area contributed by atoms with Crippen molar-refractivity contribution in [2.75, 3.05) is 11.5 Å². The minimum Gasteiger partial charge on any atom is -0.238 e. The molecule has 2 nitrogen and oxygen atoms in total. The van der Waals surface area contributed by atoms with Crippen LogP contribution in [-0.4, -0.2) is 41.4 Å². The summed E-state index contributed by atoms with van der Waals surface area (Å²) in [5.74, 6) is 0.236. The van der Waals surface area contributed by atoms with Gasteiger partial charge in [-0.05, 0) is 31.9 Å². The van der Waals surface area contributed by atoms with E-state index in [1.165, 1.54) is 40.6 Å². The van der Waals surface area contributed by atoms with E-state index in [0.29, 0.717) is 13.0 Å². The van der Waals surface area contributed by atoms with Crippen LogP contribution in [0.4, 0.5) is 26.3 Å². The van der Waals surface area contributed by atoms with Crippen molar-refractivity contribution in [3.8, 4) is 0 Å². The summed E-state index contributed by atoms with van der Waals surface area (Å²) >= 11 is 24.5. The molecular weight excluding hydrogens is 705 g/mol. The van der Waals surface area contributed by atoms with Gasteiger partial charge in [-0.25, -0.2) is 18.7 Å². The van der Waals surface area contributed by atoms with Crippen LogP contribution in [0.25, 0.3) is 0 Å². The number of alkyl halides is 10. The van der Waals surface area contributed by atoms with E-state index in [1.807, 2.05) is 31.9 Å². The molecule has 2 unspecified atom stereocenters. The molecule has 178 valence electrons. The molecule has 0 fully saturated rings. The molecule has 31 heavy (non-hydrogen) atoms. The molecule has 0 saturated carbocycles. The lowest BCUT2D eigenvalue weighted by Crippen LogP contribution is -2.34. The lowest BCUT2D eigenvalue weighted by atomic mass is 10.3. The van der Waals surface area contributed by atoms with Gasteiger partial charge in [-0.3, -0.25) is 0 Å². The van der Waals surface area contributed by atoms with Crippen molar-refractivity contribution in [1.29, 1.82) is 0 Å². The van der Waals surface area contributed by atoms with Gasteiger partial charge >= 0.3 is 9.66 Å². The van der Waals surface area contributed by atoms with Gasteiger partial charge in [0, 0.05) is 35.9 Å². The van der Waals surface area contributed by atoms with Crippen molar-refractivity contribution >= 4 is 113 Å². The van der Waals surface area contributed by atoms with E-state index in [0.717, 1.165) is 11.8 Å². The van der Waals surface area contributed by atoms with Crippen molar-refractivity contribution in [1.82, 2.24) is 9.97 Å². The summed E-state index contributed by atoms with van der Waals surface area (Å²) in [5, 5.41) is -4.40. The number of aromatic nitrogens is 2. The van der Waals surface area contributed by atoms with E-state index in [2.05, 4.69) is 9.97 Å². The lowest BCUT2D eigenvalue weighted by Gasteiger charge is -2.22. The largest absolute Gasteiger partial charge is 0.348 e. The topological polar surface area (TPSA) is 25.8 Å². The van der Waals surface area contributed by atoms with Crippen LogP contribution >= 0.6 is 113 Å². The second kappa shape index (κ2) is 12.9. The van der Waals surface area contributed by atoms with Gasteiger partial charge in [0.05, 0.1) is 6.20 Å². The Labute approximate surface area is 222 Å². The minimum absolute atomic E-state index is 0.0883. The molecular formula is C14H11Br2Cl3F6N2S4. The van der Waals surface area contributed by atoms with E-state index < -0.39 is 32.8 Å². The van der Waals surface area contributed by atoms with Crippen LogP contribution < -0.4 is 0 Å². The number of halogens is 11. The zero-order valence-corrected chi connectivity index (χ0v) is 23.5. The third-order valence-corrected chi connectivity index (χ3v) is 9.79. The first-order chi connectivity index (χ1) is 14.1. The smallest absolute Gasteiger partial charge is 0.238 e. The normalized spacial score (nSPS) is 16.2. The van der Waals surface area contributed by atoms with E-state index in [9.17, 15) is 26.3 Å². The third kappa shape index (κ3) is 11.1. The zero-order chi connectivity index (χ0) is 23.9. The molecule has 0 aliphatic heterocycles. The lowest BCUT2D eigenvalue weighted by molar-refractivity contribution is -0.00623. The molecule has 2 aromatic rings. The van der Waals surface area contributed by atoms with Gasteiger partial charge in [-0.2, -0.15) is 17.6 Å². The first-order valence-electron chi connectivity index (χ1n) is 7.71. The summed E-state index contributed by atoms with van der Waals surface area (Å²) in [6, 6.07) is 0. The number of hydrogen-bond acceptors (Lipinski definition) is 6. The quantitative estimate of drug-likeness (QED) is 0.139. The number of thioether (sulfide) groups is 2. The fourth-order valence-corrected chi connectivity index (χ4v) is 6.18. The predicted octanol–water partition coefficient (Wildman–Crippen LogP) is 9.69.